The molecular weight excluding hydrogens is 444 g/mol. The van der Waals surface area contributed by atoms with Gasteiger partial charge in [-0.3, -0.25) is 4.79 Å². The van der Waals surface area contributed by atoms with Crippen molar-refractivity contribution in [3.8, 4) is 22.8 Å². The Bertz CT molecular complexity index is 989. The van der Waals surface area contributed by atoms with Gasteiger partial charge in [-0.25, -0.2) is 0 Å². The van der Waals surface area contributed by atoms with Crippen LogP contribution in [0.3, 0.4) is 0 Å². The molecule has 1 heterocycles. The molecular formula is C25H31ClN2O5. The molecule has 178 valence electrons. The Labute approximate surface area is 200 Å². The average molecular weight is 475 g/mol. The highest BCUT2D eigenvalue weighted by Gasteiger charge is 2.14. The first-order chi connectivity index (χ1) is 16.1. The Morgan fingerprint density at radius 3 is 2.39 bits per heavy atom. The Hall–Kier alpha value is -3.00. The normalized spacial score (nSPS) is 10.2. The lowest BCUT2D eigenvalue weighted by molar-refractivity contribution is 0.0996. The molecule has 7 nitrogen and oxygen atoms in total. The lowest BCUT2D eigenvalue weighted by Crippen LogP contribution is -2.16. The predicted molar refractivity (Wildman–Crippen MR) is 132 cm³/mol. The van der Waals surface area contributed by atoms with Gasteiger partial charge in [-0.2, -0.15) is 0 Å². The molecule has 3 rings (SSSR count). The molecule has 0 fully saturated rings. The summed E-state index contributed by atoms with van der Waals surface area (Å²) in [6, 6.07) is 15.7. The second-order valence-electron chi connectivity index (χ2n) is 6.59. The minimum Gasteiger partial charge on any atom is -0.497 e. The molecule has 0 radical (unpaired) electrons. The van der Waals surface area contributed by atoms with E-state index in [2.05, 4.69) is 10.6 Å². The van der Waals surface area contributed by atoms with Crippen LogP contribution in [0.15, 0.2) is 59.0 Å². The highest BCUT2D eigenvalue weighted by molar-refractivity contribution is 6.30. The first-order valence-corrected chi connectivity index (χ1v) is 11.2. The number of furan rings is 1. The van der Waals surface area contributed by atoms with Crippen molar-refractivity contribution in [2.24, 2.45) is 0 Å². The number of nitrogens with one attached hydrogen (secondary N) is 2. The Balaban J connectivity index is 0.00000187. The van der Waals surface area contributed by atoms with Crippen LogP contribution in [0.2, 0.25) is 5.02 Å². The zero-order valence-electron chi connectivity index (χ0n) is 19.4. The predicted octanol–water partition coefficient (Wildman–Crippen LogP) is 5.50. The van der Waals surface area contributed by atoms with Crippen LogP contribution >= 0.6 is 11.6 Å². The van der Waals surface area contributed by atoms with Gasteiger partial charge in [0.1, 0.15) is 23.9 Å². The van der Waals surface area contributed by atoms with Crippen LogP contribution in [0.25, 0.3) is 11.3 Å². The maximum atomic E-state index is 12.7. The second kappa shape index (κ2) is 14.2. The standard InChI is InChI=1S/C23H25ClN2O5.C2H6/c1-25-9-10-29-11-12-30-20-14-18(13-19(15-20)28-2)26-23(27)22-8-7-21(31-22)16-3-5-17(24)6-4-16;1-2/h3-8,13-15,25H,9-12H2,1-2H3,(H,26,27);1-2H3. The smallest absolute Gasteiger partial charge is 0.291 e. The van der Waals surface area contributed by atoms with Crippen molar-refractivity contribution in [2.75, 3.05) is 45.8 Å². The number of hydrogen-bond acceptors (Lipinski definition) is 6. The number of rotatable bonds is 11. The Morgan fingerprint density at radius 1 is 0.970 bits per heavy atom. The summed E-state index contributed by atoms with van der Waals surface area (Å²) in [7, 11) is 3.42. The van der Waals surface area contributed by atoms with E-state index in [0.29, 0.717) is 47.8 Å². The number of hydrogen-bond donors (Lipinski definition) is 2. The Kier molecular flexibility index (Phi) is 11.3. The van der Waals surface area contributed by atoms with Crippen LogP contribution in [-0.2, 0) is 4.74 Å². The lowest BCUT2D eigenvalue weighted by atomic mass is 10.2. The topological polar surface area (TPSA) is 82.0 Å². The van der Waals surface area contributed by atoms with Crippen LogP contribution in [0, 0.1) is 0 Å². The first kappa shape index (κ1) is 26.3. The largest absolute Gasteiger partial charge is 0.497 e. The minimum absolute atomic E-state index is 0.188. The summed E-state index contributed by atoms with van der Waals surface area (Å²) in [6.45, 7) is 6.23. The van der Waals surface area contributed by atoms with Crippen molar-refractivity contribution >= 4 is 23.2 Å². The second-order valence-corrected chi connectivity index (χ2v) is 7.02. The quantitative estimate of drug-likeness (QED) is 0.357. The summed E-state index contributed by atoms with van der Waals surface area (Å²) in [4.78, 5) is 12.7. The van der Waals surface area contributed by atoms with Crippen molar-refractivity contribution in [3.05, 3.63) is 65.4 Å². The third-order valence-electron chi connectivity index (χ3n) is 4.32. The van der Waals surface area contributed by atoms with Crippen LogP contribution in [-0.4, -0.2) is 46.4 Å². The molecule has 1 amide bonds. The highest BCUT2D eigenvalue weighted by Crippen LogP contribution is 2.28. The van der Waals surface area contributed by atoms with Crippen molar-refractivity contribution in [2.45, 2.75) is 13.8 Å². The Morgan fingerprint density at radius 2 is 1.70 bits per heavy atom. The van der Waals surface area contributed by atoms with Gasteiger partial charge < -0.3 is 29.3 Å². The molecule has 0 spiro atoms. The number of anilines is 1. The van der Waals surface area contributed by atoms with Gasteiger partial charge in [-0.1, -0.05) is 25.4 Å². The fraction of sp³-hybridized carbons (Fsp3) is 0.320. The summed E-state index contributed by atoms with van der Waals surface area (Å²) in [5.41, 5.74) is 1.36. The van der Waals surface area contributed by atoms with Gasteiger partial charge in [0.2, 0.25) is 0 Å². The van der Waals surface area contributed by atoms with Crippen molar-refractivity contribution < 1.29 is 23.4 Å². The summed E-state index contributed by atoms with van der Waals surface area (Å²) < 4.78 is 22.2. The van der Waals surface area contributed by atoms with Gasteiger partial charge in [0.25, 0.3) is 5.91 Å². The number of benzene rings is 2. The molecule has 1 aromatic heterocycles. The molecule has 2 aromatic carbocycles. The molecule has 0 bridgehead atoms. The molecule has 0 atom stereocenters. The zero-order valence-corrected chi connectivity index (χ0v) is 20.2. The number of likely N-dealkylation sites (N-methyl/N-ethyl adjacent to an activating group) is 1. The van der Waals surface area contributed by atoms with E-state index < -0.39 is 0 Å². The van der Waals surface area contributed by atoms with Crippen molar-refractivity contribution in [3.63, 3.8) is 0 Å². The molecule has 3 aromatic rings. The van der Waals surface area contributed by atoms with E-state index in [1.54, 1.807) is 49.6 Å². The number of halogens is 1. The van der Waals surface area contributed by atoms with E-state index in [1.807, 2.05) is 33.0 Å². The molecule has 0 saturated carbocycles. The molecule has 0 aliphatic rings. The summed E-state index contributed by atoms with van der Waals surface area (Å²) in [5, 5.41) is 6.45. The van der Waals surface area contributed by atoms with Crippen LogP contribution in [0.5, 0.6) is 11.5 Å². The molecule has 8 heteroatoms. The summed E-state index contributed by atoms with van der Waals surface area (Å²) in [6.07, 6.45) is 0. The van der Waals surface area contributed by atoms with Crippen molar-refractivity contribution in [1.82, 2.24) is 5.32 Å². The lowest BCUT2D eigenvalue weighted by Gasteiger charge is -2.11. The third kappa shape index (κ3) is 8.46. The van der Waals surface area contributed by atoms with E-state index in [-0.39, 0.29) is 11.7 Å². The van der Waals surface area contributed by atoms with Gasteiger partial charge in [0.15, 0.2) is 5.76 Å². The van der Waals surface area contributed by atoms with E-state index in [4.69, 9.17) is 30.2 Å². The van der Waals surface area contributed by atoms with E-state index >= 15 is 0 Å². The van der Waals surface area contributed by atoms with E-state index in [1.165, 1.54) is 0 Å². The SMILES string of the molecule is CC.CNCCOCCOc1cc(NC(=O)c2ccc(-c3ccc(Cl)cc3)o2)cc(OC)c1. The van der Waals surface area contributed by atoms with Crippen LogP contribution in [0.1, 0.15) is 24.4 Å². The number of amides is 1. The van der Waals surface area contributed by atoms with Gasteiger partial charge in [0.05, 0.1) is 20.3 Å². The van der Waals surface area contributed by atoms with Gasteiger partial charge in [-0.05, 0) is 43.4 Å². The maximum Gasteiger partial charge on any atom is 0.291 e. The molecule has 0 aliphatic carbocycles. The molecule has 0 unspecified atom stereocenters. The molecule has 2 N–H and O–H groups in total. The van der Waals surface area contributed by atoms with Gasteiger partial charge in [0, 0.05) is 41.0 Å². The average Bonchev–Trinajstić information content (AvgIpc) is 3.33. The van der Waals surface area contributed by atoms with Crippen LogP contribution in [0.4, 0.5) is 5.69 Å². The van der Waals surface area contributed by atoms with E-state index in [9.17, 15) is 4.79 Å². The first-order valence-electron chi connectivity index (χ1n) is 10.8. The highest BCUT2D eigenvalue weighted by atomic mass is 35.5. The zero-order chi connectivity index (χ0) is 24.1. The number of ether oxygens (including phenoxy) is 3. The minimum atomic E-state index is -0.380. The summed E-state index contributed by atoms with van der Waals surface area (Å²) in [5.74, 6) is 1.51. The third-order valence-corrected chi connectivity index (χ3v) is 4.58. The molecule has 0 saturated heterocycles. The molecule has 33 heavy (non-hydrogen) atoms. The van der Waals surface area contributed by atoms with Crippen molar-refractivity contribution in [1.29, 1.82) is 0 Å². The van der Waals surface area contributed by atoms with Crippen LogP contribution < -0.4 is 20.1 Å². The van der Waals surface area contributed by atoms with Gasteiger partial charge in [-0.15, -0.1) is 0 Å². The number of carbonyl (C=O) groups excluding carboxylic acids is 1. The number of methoxy groups -OCH3 is 1. The van der Waals surface area contributed by atoms with Gasteiger partial charge >= 0.3 is 0 Å². The van der Waals surface area contributed by atoms with E-state index in [0.717, 1.165) is 12.1 Å². The summed E-state index contributed by atoms with van der Waals surface area (Å²) >= 11 is 5.92. The fourth-order valence-corrected chi connectivity index (χ4v) is 2.89. The maximum absolute atomic E-state index is 12.7. The number of carbonyl (C=O) groups is 1. The fourth-order valence-electron chi connectivity index (χ4n) is 2.76. The molecule has 0 aliphatic heterocycles. The monoisotopic (exact) mass is 474 g/mol.